The monoisotopic (exact) mass is 351 g/mol. The summed E-state index contributed by atoms with van der Waals surface area (Å²) in [6, 6.07) is 11.6. The van der Waals surface area contributed by atoms with Crippen molar-refractivity contribution in [2.45, 2.75) is 39.7 Å². The van der Waals surface area contributed by atoms with Crippen LogP contribution < -0.4 is 5.32 Å². The summed E-state index contributed by atoms with van der Waals surface area (Å²) in [7, 11) is 0. The molecule has 0 bridgehead atoms. The lowest BCUT2D eigenvalue weighted by atomic mass is 9.98. The first kappa shape index (κ1) is 15.7. The molecule has 2 aromatic rings. The number of nitrogens with one attached hydrogen (secondary N) is 1. The maximum Gasteiger partial charge on any atom is 0.0701 e. The SMILES string of the molecule is CCCNC(Cc1ccc(Br)s1)c1ccc(C)c(C)c1. The van der Waals surface area contributed by atoms with E-state index in [9.17, 15) is 0 Å². The van der Waals surface area contributed by atoms with Gasteiger partial charge in [0.1, 0.15) is 0 Å². The molecule has 0 amide bonds. The van der Waals surface area contributed by atoms with Gasteiger partial charge in [0.25, 0.3) is 0 Å². The molecule has 0 aliphatic rings. The van der Waals surface area contributed by atoms with Crippen LogP contribution >= 0.6 is 27.3 Å². The first-order valence-corrected chi connectivity index (χ1v) is 8.76. The van der Waals surface area contributed by atoms with E-state index in [1.165, 1.54) is 25.4 Å². The number of benzene rings is 1. The van der Waals surface area contributed by atoms with Crippen molar-refractivity contribution in [3.63, 3.8) is 0 Å². The molecule has 3 heteroatoms. The largest absolute Gasteiger partial charge is 0.310 e. The van der Waals surface area contributed by atoms with Crippen molar-refractivity contribution in [3.05, 3.63) is 55.7 Å². The first-order valence-electron chi connectivity index (χ1n) is 7.15. The molecule has 2 rings (SSSR count). The predicted octanol–water partition coefficient (Wildman–Crippen LogP) is 5.41. The van der Waals surface area contributed by atoms with Crippen molar-refractivity contribution in [1.82, 2.24) is 5.32 Å². The number of rotatable bonds is 6. The minimum absolute atomic E-state index is 0.403. The van der Waals surface area contributed by atoms with Crippen molar-refractivity contribution in [1.29, 1.82) is 0 Å². The fourth-order valence-electron chi connectivity index (χ4n) is 2.27. The van der Waals surface area contributed by atoms with Crippen molar-refractivity contribution in [2.75, 3.05) is 6.54 Å². The van der Waals surface area contributed by atoms with E-state index in [1.807, 2.05) is 11.3 Å². The van der Waals surface area contributed by atoms with Crippen LogP contribution in [0.15, 0.2) is 34.1 Å². The average Bonchev–Trinajstić information content (AvgIpc) is 2.83. The zero-order valence-corrected chi connectivity index (χ0v) is 14.8. The van der Waals surface area contributed by atoms with E-state index in [4.69, 9.17) is 0 Å². The summed E-state index contributed by atoms with van der Waals surface area (Å²) in [5, 5.41) is 3.68. The topological polar surface area (TPSA) is 12.0 Å². The van der Waals surface area contributed by atoms with Crippen molar-refractivity contribution < 1.29 is 0 Å². The maximum atomic E-state index is 3.68. The van der Waals surface area contributed by atoms with Gasteiger partial charge in [0.15, 0.2) is 0 Å². The Bertz CT molecular complexity index is 562. The number of thiophene rings is 1. The molecule has 1 heterocycles. The van der Waals surface area contributed by atoms with Gasteiger partial charge in [-0.05, 0) is 71.6 Å². The van der Waals surface area contributed by atoms with Gasteiger partial charge < -0.3 is 5.32 Å². The van der Waals surface area contributed by atoms with Crippen LogP contribution in [-0.4, -0.2) is 6.54 Å². The molecule has 0 radical (unpaired) electrons. The van der Waals surface area contributed by atoms with E-state index in [0.717, 1.165) is 19.4 Å². The van der Waals surface area contributed by atoms with Crippen LogP contribution in [0.1, 0.15) is 41.0 Å². The van der Waals surface area contributed by atoms with Gasteiger partial charge in [-0.1, -0.05) is 25.1 Å². The molecule has 0 fully saturated rings. The highest BCUT2D eigenvalue weighted by atomic mass is 79.9. The van der Waals surface area contributed by atoms with E-state index >= 15 is 0 Å². The molecule has 108 valence electrons. The van der Waals surface area contributed by atoms with Crippen LogP contribution in [0.25, 0.3) is 0 Å². The summed E-state index contributed by atoms with van der Waals surface area (Å²) in [4.78, 5) is 1.42. The molecule has 0 aliphatic heterocycles. The molecule has 1 aromatic heterocycles. The van der Waals surface area contributed by atoms with Crippen LogP contribution in [-0.2, 0) is 6.42 Å². The van der Waals surface area contributed by atoms with Crippen molar-refractivity contribution in [3.8, 4) is 0 Å². The zero-order chi connectivity index (χ0) is 14.5. The smallest absolute Gasteiger partial charge is 0.0701 e. The quantitative estimate of drug-likeness (QED) is 0.733. The summed E-state index contributed by atoms with van der Waals surface area (Å²) >= 11 is 5.38. The van der Waals surface area contributed by atoms with E-state index < -0.39 is 0 Å². The summed E-state index contributed by atoms with van der Waals surface area (Å²) in [5.41, 5.74) is 4.13. The molecule has 0 saturated carbocycles. The second-order valence-electron chi connectivity index (χ2n) is 5.26. The minimum atomic E-state index is 0.403. The lowest BCUT2D eigenvalue weighted by molar-refractivity contribution is 0.532. The molecule has 0 spiro atoms. The second-order valence-corrected chi connectivity index (χ2v) is 7.81. The Morgan fingerprint density at radius 1 is 1.15 bits per heavy atom. The van der Waals surface area contributed by atoms with E-state index in [0.29, 0.717) is 6.04 Å². The summed E-state index contributed by atoms with van der Waals surface area (Å²) in [6.45, 7) is 7.64. The van der Waals surface area contributed by atoms with E-state index in [2.05, 4.69) is 72.3 Å². The third kappa shape index (κ3) is 4.18. The minimum Gasteiger partial charge on any atom is -0.310 e. The lowest BCUT2D eigenvalue weighted by Gasteiger charge is -2.19. The Balaban J connectivity index is 2.19. The van der Waals surface area contributed by atoms with E-state index in [-0.39, 0.29) is 0 Å². The first-order chi connectivity index (χ1) is 9.60. The van der Waals surface area contributed by atoms with Gasteiger partial charge in [-0.2, -0.15) is 0 Å². The van der Waals surface area contributed by atoms with Crippen LogP contribution in [0.5, 0.6) is 0 Å². The predicted molar refractivity (Wildman–Crippen MR) is 92.7 cm³/mol. The Labute approximate surface area is 134 Å². The highest BCUT2D eigenvalue weighted by Crippen LogP contribution is 2.27. The summed E-state index contributed by atoms with van der Waals surface area (Å²) < 4.78 is 1.21. The molecule has 1 unspecified atom stereocenters. The fourth-order valence-corrected chi connectivity index (χ4v) is 3.80. The Morgan fingerprint density at radius 3 is 2.55 bits per heavy atom. The molecule has 1 atom stereocenters. The fraction of sp³-hybridized carbons (Fsp3) is 0.412. The highest BCUT2D eigenvalue weighted by Gasteiger charge is 2.13. The third-order valence-corrected chi connectivity index (χ3v) is 5.25. The van der Waals surface area contributed by atoms with Crippen molar-refractivity contribution in [2.24, 2.45) is 0 Å². The Hall–Kier alpha value is -0.640. The summed E-state index contributed by atoms with van der Waals surface area (Å²) in [5.74, 6) is 0. The molecule has 20 heavy (non-hydrogen) atoms. The zero-order valence-electron chi connectivity index (χ0n) is 12.4. The van der Waals surface area contributed by atoms with Gasteiger partial charge in [-0.3, -0.25) is 0 Å². The molecule has 0 aliphatic carbocycles. The third-order valence-electron chi connectivity index (χ3n) is 3.61. The van der Waals surface area contributed by atoms with Crippen LogP contribution in [0.2, 0.25) is 0 Å². The molecular formula is C17H22BrNS. The van der Waals surface area contributed by atoms with Crippen LogP contribution in [0, 0.1) is 13.8 Å². The summed E-state index contributed by atoms with van der Waals surface area (Å²) in [6.07, 6.45) is 2.22. The van der Waals surface area contributed by atoms with Gasteiger partial charge in [0, 0.05) is 17.3 Å². The molecule has 1 aromatic carbocycles. The average molecular weight is 352 g/mol. The van der Waals surface area contributed by atoms with Gasteiger partial charge in [-0.25, -0.2) is 0 Å². The molecule has 1 nitrogen and oxygen atoms in total. The number of aryl methyl sites for hydroxylation is 2. The second kappa shape index (κ2) is 7.39. The van der Waals surface area contributed by atoms with Gasteiger partial charge in [0.05, 0.1) is 3.79 Å². The van der Waals surface area contributed by atoms with Crippen molar-refractivity contribution >= 4 is 27.3 Å². The van der Waals surface area contributed by atoms with Gasteiger partial charge in [0.2, 0.25) is 0 Å². The number of halogens is 1. The van der Waals surface area contributed by atoms with Gasteiger partial charge in [-0.15, -0.1) is 11.3 Å². The Kier molecular flexibility index (Phi) is 5.82. The van der Waals surface area contributed by atoms with Gasteiger partial charge >= 0.3 is 0 Å². The Morgan fingerprint density at radius 2 is 1.95 bits per heavy atom. The lowest BCUT2D eigenvalue weighted by Crippen LogP contribution is -2.24. The maximum absolute atomic E-state index is 3.68. The highest BCUT2D eigenvalue weighted by molar-refractivity contribution is 9.11. The number of hydrogen-bond acceptors (Lipinski definition) is 2. The molecule has 1 N–H and O–H groups in total. The normalized spacial score (nSPS) is 12.6. The van der Waals surface area contributed by atoms with Crippen LogP contribution in [0.3, 0.4) is 0 Å². The number of hydrogen-bond donors (Lipinski definition) is 1. The van der Waals surface area contributed by atoms with E-state index in [1.54, 1.807) is 0 Å². The molecular weight excluding hydrogens is 330 g/mol. The van der Waals surface area contributed by atoms with Crippen LogP contribution in [0.4, 0.5) is 0 Å². The molecule has 0 saturated heterocycles. The standard InChI is InChI=1S/C17H22BrNS/c1-4-9-19-16(11-15-7-8-17(18)20-15)14-6-5-12(2)13(3)10-14/h5-8,10,16,19H,4,9,11H2,1-3H3.